The van der Waals surface area contributed by atoms with E-state index in [4.69, 9.17) is 0 Å². The third-order valence-corrected chi connectivity index (χ3v) is 8.37. The monoisotopic (exact) mass is 1170 g/mol. The Morgan fingerprint density at radius 2 is 0.500 bits per heavy atom. The summed E-state index contributed by atoms with van der Waals surface area (Å²) in [7, 11) is 0. The van der Waals surface area contributed by atoms with Gasteiger partial charge in [0.25, 0.3) is 0 Å². The predicted molar refractivity (Wildman–Crippen MR) is 241 cm³/mol. The van der Waals surface area contributed by atoms with Crippen molar-refractivity contribution in [1.29, 1.82) is 0 Å². The minimum absolute atomic E-state index is 0. The zero-order chi connectivity index (χ0) is 40.7. The minimum atomic E-state index is 0. The molecule has 0 N–H and O–H groups in total. The number of rotatable bonds is 4. The van der Waals surface area contributed by atoms with Crippen molar-refractivity contribution in [2.24, 2.45) is 0 Å². The minimum Gasteiger partial charge on any atom is -1.00 e. The maximum atomic E-state index is 3.29. The molecule has 0 saturated heterocycles. The van der Waals surface area contributed by atoms with E-state index < -0.39 is 0 Å². The molecule has 0 fully saturated rings. The van der Waals surface area contributed by atoms with Crippen molar-refractivity contribution >= 4 is 33.3 Å². The Labute approximate surface area is 394 Å². The van der Waals surface area contributed by atoms with Gasteiger partial charge in [-0.05, 0) is 22.3 Å². The van der Waals surface area contributed by atoms with Gasteiger partial charge in [0, 0.05) is 0 Å². The Balaban J connectivity index is 0.000000360. The van der Waals surface area contributed by atoms with Crippen LogP contribution in [0.3, 0.4) is 0 Å². The molecule has 0 saturated carbocycles. The Kier molecular flexibility index (Phi) is 28.2. The molecule has 4 aromatic carbocycles. The Bertz CT molecular complexity index is 1820. The second-order valence-corrected chi connectivity index (χ2v) is 39.8. The molecule has 0 heterocycles. The average molecular weight is 1170 g/mol. The van der Waals surface area contributed by atoms with E-state index in [9.17, 15) is 0 Å². The van der Waals surface area contributed by atoms with Gasteiger partial charge in [-0.1, -0.05) is 149 Å². The Morgan fingerprint density at radius 1 is 0.345 bits per heavy atom. The smallest absolute Gasteiger partial charge is 1.00 e. The fraction of sp³-hybridized carbons (Fsp3) is 0.231. The first-order valence-electron chi connectivity index (χ1n) is 19.3. The quantitative estimate of drug-likeness (QED) is 0.142. The van der Waals surface area contributed by atoms with E-state index in [0.717, 1.165) is 25.7 Å². The largest absolute Gasteiger partial charge is 1.00 e. The summed E-state index contributed by atoms with van der Waals surface area (Å²) in [6.45, 7) is 17.7. The third kappa shape index (κ3) is 22.2. The van der Waals surface area contributed by atoms with Crippen LogP contribution in [0.2, 0.25) is 26.2 Å². The van der Waals surface area contributed by atoms with E-state index in [2.05, 4.69) is 200 Å². The fourth-order valence-electron chi connectivity index (χ4n) is 5.74. The molecule has 0 bridgehead atoms. The average Bonchev–Trinajstić information content (AvgIpc) is 4.03. The fourth-order valence-corrected chi connectivity index (χ4v) is 5.74. The molecule has 0 aromatic heterocycles. The van der Waals surface area contributed by atoms with Crippen molar-refractivity contribution in [3.8, 4) is 0 Å². The molecule has 0 radical (unpaired) electrons. The molecule has 58 heavy (non-hydrogen) atoms. The van der Waals surface area contributed by atoms with Gasteiger partial charge in [-0.25, -0.2) is 46.6 Å². The van der Waals surface area contributed by atoms with E-state index in [1.54, 1.807) is 0 Å². The van der Waals surface area contributed by atoms with Gasteiger partial charge in [-0.15, -0.1) is 48.0 Å². The van der Waals surface area contributed by atoms with Crippen molar-refractivity contribution in [3.63, 3.8) is 0 Å². The van der Waals surface area contributed by atoms with Crippen molar-refractivity contribution in [2.75, 3.05) is 0 Å². The van der Waals surface area contributed by atoms with Crippen LogP contribution in [-0.2, 0) is 46.0 Å². The van der Waals surface area contributed by atoms with E-state index in [1.165, 1.54) is 113 Å². The van der Waals surface area contributed by atoms with Gasteiger partial charge in [-0.2, -0.15) is 0 Å². The maximum Gasteiger partial charge on any atom is -1.00 e. The molecule has 6 heteroatoms. The van der Waals surface area contributed by atoms with Gasteiger partial charge in [0.05, 0.1) is 0 Å². The van der Waals surface area contributed by atoms with Crippen LogP contribution in [-0.4, -0.2) is 11.0 Å². The first kappa shape index (κ1) is 53.6. The second-order valence-electron chi connectivity index (χ2n) is 14.3. The third-order valence-electron chi connectivity index (χ3n) is 8.37. The molecule has 0 amide bonds. The first-order chi connectivity index (χ1) is 26.9. The van der Waals surface area contributed by atoms with Gasteiger partial charge in [0.1, 0.15) is 0 Å². The Morgan fingerprint density at radius 3 is 0.621 bits per heavy atom. The summed E-state index contributed by atoms with van der Waals surface area (Å²) in [4.78, 5) is 0. The summed E-state index contributed by atoms with van der Waals surface area (Å²) in [5, 5.41) is 0. The molecule has 8 rings (SSSR count). The standard InChI is InChI=1S/4C12H11.2C2H6Si.2ClH.2Hf/c4*1-10-7-8-12(9-10)11-5-3-2-4-6-11;2*1-3-2;;;;/h4*2-6,9H,8H2,1H3;2*1-2H3;2*1H;;/q4*-1;;;;;2*+2/p-2. The molecule has 0 aliphatic heterocycles. The van der Waals surface area contributed by atoms with Crippen molar-refractivity contribution in [1.82, 2.24) is 0 Å². The van der Waals surface area contributed by atoms with Gasteiger partial charge in [-0.3, -0.25) is 24.3 Å². The van der Waals surface area contributed by atoms with Gasteiger partial charge in [0.15, 0.2) is 0 Å². The molecular formula is C52H56Cl2Hf2Si2-2. The summed E-state index contributed by atoms with van der Waals surface area (Å²) in [6.07, 6.45) is 25.9. The van der Waals surface area contributed by atoms with Crippen molar-refractivity contribution in [3.05, 3.63) is 214 Å². The molecule has 296 valence electrons. The van der Waals surface area contributed by atoms with Crippen LogP contribution in [0.15, 0.2) is 168 Å². The van der Waals surface area contributed by atoms with Crippen LogP contribution < -0.4 is 24.8 Å². The summed E-state index contributed by atoms with van der Waals surface area (Å²) in [5.41, 5.74) is 16.4. The number of halogens is 2. The van der Waals surface area contributed by atoms with Gasteiger partial charge >= 0.3 is 83.2 Å². The van der Waals surface area contributed by atoms with E-state index in [0.29, 0.717) is 0 Å². The van der Waals surface area contributed by atoms with Crippen molar-refractivity contribution < 1.29 is 70.8 Å². The molecule has 4 aromatic rings. The zero-order valence-corrected chi connectivity index (χ0v) is 46.1. The topological polar surface area (TPSA) is 0 Å². The van der Waals surface area contributed by atoms with Crippen LogP contribution in [0, 0.1) is 24.3 Å². The van der Waals surface area contributed by atoms with Crippen molar-refractivity contribution in [2.45, 2.75) is 79.6 Å². The first-order valence-corrected chi connectivity index (χ1v) is 35.1. The number of hydrogen-bond donors (Lipinski definition) is 0. The molecule has 0 atom stereocenters. The van der Waals surface area contributed by atoms with Gasteiger partial charge < -0.3 is 24.8 Å². The summed E-state index contributed by atoms with van der Waals surface area (Å²) < 4.78 is 0. The molecule has 4 aliphatic carbocycles. The predicted octanol–water partition coefficient (Wildman–Crippen LogP) is 8.47. The summed E-state index contributed by atoms with van der Waals surface area (Å²) in [5.74, 6) is 0. The SMILES string of the molecule is CC1=[C-]CC(c2ccccc2)=C1.CC1=[C-]CC(c2ccccc2)=C1.CC1=[C-]CC(c2ccccc2)=C1.CC1=[C-]CC(c2ccccc2)=C1.C[Si](C)=[Hf+2].C[Si](C)=[Hf+2].[Cl-].[Cl-]. The summed E-state index contributed by atoms with van der Waals surface area (Å²) in [6, 6.07) is 41.9. The molecular weight excluding hydrogens is 1110 g/mol. The maximum absolute atomic E-state index is 3.29. The van der Waals surface area contributed by atoms with Gasteiger partial charge in [0.2, 0.25) is 0 Å². The number of benzene rings is 4. The van der Waals surface area contributed by atoms with Crippen LogP contribution in [0.1, 0.15) is 75.6 Å². The summed E-state index contributed by atoms with van der Waals surface area (Å²) >= 11 is 2.90. The molecule has 0 nitrogen and oxygen atoms in total. The second kappa shape index (κ2) is 30.6. The molecule has 0 spiro atoms. The van der Waals surface area contributed by atoms with Crippen LogP contribution in [0.5, 0.6) is 0 Å². The molecule has 4 aliphatic rings. The number of allylic oxidation sites excluding steroid dienone is 16. The van der Waals surface area contributed by atoms with Crippen LogP contribution in [0.4, 0.5) is 0 Å². The van der Waals surface area contributed by atoms with E-state index in [1.807, 2.05) is 24.3 Å². The van der Waals surface area contributed by atoms with E-state index in [-0.39, 0.29) is 35.8 Å². The van der Waals surface area contributed by atoms with Crippen LogP contribution >= 0.6 is 0 Å². The van der Waals surface area contributed by atoms with Crippen LogP contribution in [0.25, 0.3) is 22.3 Å². The normalized spacial score (nSPS) is 14.0. The number of hydrogen-bond acceptors (Lipinski definition) is 0. The molecule has 0 unspecified atom stereocenters. The Hall–Kier alpha value is -2.45. The van der Waals surface area contributed by atoms with E-state index >= 15 is 0 Å². The zero-order valence-electron chi connectivity index (χ0n) is 35.4.